The smallest absolute Gasteiger partial charge is 0.246 e. The molecule has 230 valence electrons. The fourth-order valence-electron chi connectivity index (χ4n) is 5.22. The summed E-state index contributed by atoms with van der Waals surface area (Å²) >= 11 is 1.57. The summed E-state index contributed by atoms with van der Waals surface area (Å²) in [5, 5.41) is 29.1. The molecule has 1 fully saturated rings. The number of thiazole rings is 1. The average Bonchev–Trinajstić information content (AvgIpc) is 3.58. The predicted molar refractivity (Wildman–Crippen MR) is 166 cm³/mol. The van der Waals surface area contributed by atoms with Gasteiger partial charge in [0.05, 0.1) is 22.2 Å². The Kier molecular flexibility index (Phi) is 10.3. The highest BCUT2D eigenvalue weighted by atomic mass is 32.1. The van der Waals surface area contributed by atoms with Crippen LogP contribution in [0.3, 0.4) is 0 Å². The highest BCUT2D eigenvalue weighted by molar-refractivity contribution is 7.13. The Hall–Kier alpha value is -3.64. The van der Waals surface area contributed by atoms with E-state index in [0.29, 0.717) is 5.56 Å². The lowest BCUT2D eigenvalue weighted by molar-refractivity contribution is -0.144. The molecule has 2 heterocycles. The maximum Gasteiger partial charge on any atom is 0.246 e. The Morgan fingerprint density at radius 1 is 1.09 bits per heavy atom. The Bertz CT molecular complexity index is 1400. The second kappa shape index (κ2) is 13.8. The van der Waals surface area contributed by atoms with Crippen molar-refractivity contribution in [1.82, 2.24) is 25.8 Å². The topological polar surface area (TPSA) is 144 Å². The molecule has 0 radical (unpaired) electrons. The number of hydrogen-bond donors (Lipinski definition) is 5. The largest absolute Gasteiger partial charge is 0.391 e. The first kappa shape index (κ1) is 32.3. The summed E-state index contributed by atoms with van der Waals surface area (Å²) in [5.41, 5.74) is 4.64. The van der Waals surface area contributed by atoms with Gasteiger partial charge in [-0.2, -0.15) is 0 Å². The fraction of sp³-hybridized carbons (Fsp3) is 0.438. The van der Waals surface area contributed by atoms with Crippen molar-refractivity contribution in [2.24, 2.45) is 5.41 Å². The van der Waals surface area contributed by atoms with Crippen LogP contribution in [-0.4, -0.2) is 68.8 Å². The predicted octanol–water partition coefficient (Wildman–Crippen LogP) is 2.90. The third kappa shape index (κ3) is 8.05. The molecule has 1 aliphatic heterocycles. The van der Waals surface area contributed by atoms with Crippen LogP contribution in [0.1, 0.15) is 57.0 Å². The van der Waals surface area contributed by atoms with Gasteiger partial charge in [0.2, 0.25) is 17.7 Å². The van der Waals surface area contributed by atoms with Crippen LogP contribution < -0.4 is 16.0 Å². The molecule has 1 aromatic heterocycles. The van der Waals surface area contributed by atoms with E-state index < -0.39 is 47.7 Å². The number of amides is 3. The lowest BCUT2D eigenvalue weighted by Crippen LogP contribution is -2.59. The Morgan fingerprint density at radius 3 is 2.35 bits per heavy atom. The van der Waals surface area contributed by atoms with Gasteiger partial charge in [0.1, 0.15) is 24.4 Å². The van der Waals surface area contributed by atoms with E-state index >= 15 is 0 Å². The number of nitrogens with zero attached hydrogens (tertiary/aromatic N) is 2. The SMILES string of the molecule is Cc1ncsc1-c1ccc(CNC(=O)[C@@H]2C[C@@H](O)CN2C(=O)[C@@H](NC(=O)[C@@H](NC(C)O)c2ccccc2)C(C)(C)C)cc1. The third-order valence-electron chi connectivity index (χ3n) is 7.50. The zero-order chi connectivity index (χ0) is 31.3. The molecule has 0 bridgehead atoms. The zero-order valence-corrected chi connectivity index (χ0v) is 26.0. The summed E-state index contributed by atoms with van der Waals surface area (Å²) in [5.74, 6) is -1.31. The Labute approximate surface area is 256 Å². The number of carbonyl (C=O) groups excluding carboxylic acids is 3. The van der Waals surface area contributed by atoms with Crippen molar-refractivity contribution in [1.29, 1.82) is 0 Å². The van der Waals surface area contributed by atoms with Crippen molar-refractivity contribution in [3.05, 3.63) is 76.9 Å². The molecule has 1 saturated heterocycles. The second-order valence-electron chi connectivity index (χ2n) is 12.1. The molecule has 4 rings (SSSR count). The molecule has 3 amide bonds. The van der Waals surface area contributed by atoms with Crippen molar-refractivity contribution in [2.45, 2.75) is 78.0 Å². The standard InChI is InChI=1S/C32H41N5O5S/c1-19-27(43-18-34-19)23-13-11-21(12-14-23)16-33-29(40)25-15-24(39)17-37(25)31(42)28(32(3,4)5)36-30(41)26(35-20(2)38)22-9-7-6-8-10-22/h6-14,18,20,24-26,28,35,38-39H,15-17H2,1-5H3,(H,33,40)(H,36,41)/t20?,24-,25+,26+,28-/m1/s1. The van der Waals surface area contributed by atoms with Crippen molar-refractivity contribution < 1.29 is 24.6 Å². The van der Waals surface area contributed by atoms with Crippen molar-refractivity contribution in [2.75, 3.05) is 6.54 Å². The van der Waals surface area contributed by atoms with E-state index in [4.69, 9.17) is 0 Å². The van der Waals surface area contributed by atoms with Gasteiger partial charge in [-0.3, -0.25) is 19.7 Å². The summed E-state index contributed by atoms with van der Waals surface area (Å²) in [4.78, 5) is 47.6. The van der Waals surface area contributed by atoms with Crippen LogP contribution in [-0.2, 0) is 20.9 Å². The van der Waals surface area contributed by atoms with Crippen LogP contribution in [0, 0.1) is 12.3 Å². The highest BCUT2D eigenvalue weighted by Crippen LogP contribution is 2.29. The first-order valence-electron chi connectivity index (χ1n) is 14.4. The van der Waals surface area contributed by atoms with E-state index in [1.165, 1.54) is 11.8 Å². The first-order valence-corrected chi connectivity index (χ1v) is 15.3. The number of aryl methyl sites for hydroxylation is 1. The molecule has 1 unspecified atom stereocenters. The van der Waals surface area contributed by atoms with Gasteiger partial charge < -0.3 is 25.7 Å². The molecule has 0 spiro atoms. The van der Waals surface area contributed by atoms with Gasteiger partial charge in [-0.15, -0.1) is 11.3 Å². The maximum absolute atomic E-state index is 14.0. The van der Waals surface area contributed by atoms with Gasteiger partial charge in [0.15, 0.2) is 0 Å². The van der Waals surface area contributed by atoms with Crippen LogP contribution in [0.15, 0.2) is 60.1 Å². The van der Waals surface area contributed by atoms with E-state index in [9.17, 15) is 24.6 Å². The number of aliphatic hydroxyl groups excluding tert-OH is 2. The molecule has 43 heavy (non-hydrogen) atoms. The summed E-state index contributed by atoms with van der Waals surface area (Å²) < 4.78 is 0. The van der Waals surface area contributed by atoms with Gasteiger partial charge in [0, 0.05) is 19.5 Å². The molecule has 3 aromatic rings. The van der Waals surface area contributed by atoms with E-state index in [1.54, 1.807) is 35.6 Å². The van der Waals surface area contributed by atoms with Crippen LogP contribution >= 0.6 is 11.3 Å². The number of likely N-dealkylation sites (tertiary alicyclic amines) is 1. The zero-order valence-electron chi connectivity index (χ0n) is 25.2. The Balaban J connectivity index is 1.46. The number of benzene rings is 2. The summed E-state index contributed by atoms with van der Waals surface area (Å²) in [7, 11) is 0. The molecule has 11 heteroatoms. The monoisotopic (exact) mass is 607 g/mol. The van der Waals surface area contributed by atoms with Crippen molar-refractivity contribution in [3.8, 4) is 10.4 Å². The van der Waals surface area contributed by atoms with E-state index in [2.05, 4.69) is 20.9 Å². The number of carbonyl (C=O) groups is 3. The minimum atomic E-state index is -0.995. The number of nitrogens with one attached hydrogen (secondary N) is 3. The number of rotatable bonds is 10. The third-order valence-corrected chi connectivity index (χ3v) is 8.47. The molecule has 0 aliphatic carbocycles. The number of aliphatic hydroxyl groups is 2. The molecular weight excluding hydrogens is 566 g/mol. The average molecular weight is 608 g/mol. The molecule has 10 nitrogen and oxygen atoms in total. The van der Waals surface area contributed by atoms with Gasteiger partial charge in [-0.25, -0.2) is 4.98 Å². The molecule has 1 aliphatic rings. The van der Waals surface area contributed by atoms with Crippen LogP contribution in [0.25, 0.3) is 10.4 Å². The summed E-state index contributed by atoms with van der Waals surface area (Å²) in [6.07, 6.45) is -1.75. The van der Waals surface area contributed by atoms with E-state index in [0.717, 1.165) is 21.7 Å². The van der Waals surface area contributed by atoms with Crippen LogP contribution in [0.5, 0.6) is 0 Å². The van der Waals surface area contributed by atoms with Gasteiger partial charge >= 0.3 is 0 Å². The first-order chi connectivity index (χ1) is 20.3. The minimum Gasteiger partial charge on any atom is -0.391 e. The maximum atomic E-state index is 14.0. The number of β-amino-alcohol motifs (C(OH)–C–C–N with tert-alkyl or cyclic N) is 1. The van der Waals surface area contributed by atoms with Crippen LogP contribution in [0.2, 0.25) is 0 Å². The summed E-state index contributed by atoms with van der Waals surface area (Å²) in [6, 6.07) is 14.0. The van der Waals surface area contributed by atoms with Crippen molar-refractivity contribution in [3.63, 3.8) is 0 Å². The molecule has 0 saturated carbocycles. The molecule has 5 atom stereocenters. The summed E-state index contributed by atoms with van der Waals surface area (Å²) in [6.45, 7) is 9.21. The second-order valence-corrected chi connectivity index (χ2v) is 12.9. The normalized spacial score (nSPS) is 19.0. The highest BCUT2D eigenvalue weighted by Gasteiger charge is 2.45. The lowest BCUT2D eigenvalue weighted by atomic mass is 9.85. The van der Waals surface area contributed by atoms with Gasteiger partial charge in [0.25, 0.3) is 0 Å². The van der Waals surface area contributed by atoms with E-state index in [-0.39, 0.29) is 25.4 Å². The molecule has 5 N–H and O–H groups in total. The van der Waals surface area contributed by atoms with Gasteiger partial charge in [-0.1, -0.05) is 75.4 Å². The molecule has 2 aromatic carbocycles. The minimum absolute atomic E-state index is 0.0176. The number of hydrogen-bond acceptors (Lipinski definition) is 8. The lowest BCUT2D eigenvalue weighted by Gasteiger charge is -2.36. The Morgan fingerprint density at radius 2 is 1.77 bits per heavy atom. The fourth-order valence-corrected chi connectivity index (χ4v) is 6.03. The van der Waals surface area contributed by atoms with Gasteiger partial charge in [-0.05, 0) is 36.0 Å². The van der Waals surface area contributed by atoms with Crippen LogP contribution in [0.4, 0.5) is 0 Å². The van der Waals surface area contributed by atoms with E-state index in [1.807, 2.05) is 63.5 Å². The quantitative estimate of drug-likeness (QED) is 0.223. The number of aromatic nitrogens is 1. The van der Waals surface area contributed by atoms with Crippen molar-refractivity contribution >= 4 is 29.1 Å². The molecular formula is C32H41N5O5S.